The summed E-state index contributed by atoms with van der Waals surface area (Å²) in [4.78, 5) is 1.11. The molecular weight excluding hydrogens is 342 g/mol. The Labute approximate surface area is 109 Å². The molecule has 0 amide bonds. The van der Waals surface area contributed by atoms with Gasteiger partial charge >= 0.3 is 0 Å². The van der Waals surface area contributed by atoms with Crippen molar-refractivity contribution in [1.29, 1.82) is 0 Å². The average Bonchev–Trinajstić information content (AvgIpc) is 2.74. The van der Waals surface area contributed by atoms with Gasteiger partial charge in [0, 0.05) is 22.6 Å². The minimum atomic E-state index is -0.120. The molecule has 0 aliphatic rings. The number of nitrogens with two attached hydrogens (primary N) is 1. The lowest BCUT2D eigenvalue weighted by Gasteiger charge is -2.09. The average molecular weight is 351 g/mol. The molecule has 1 atom stereocenters. The zero-order valence-corrected chi connectivity index (χ0v) is 11.9. The maximum Gasteiger partial charge on any atom is 0.0843 e. The van der Waals surface area contributed by atoms with E-state index in [0.717, 1.165) is 18.8 Å². The summed E-state index contributed by atoms with van der Waals surface area (Å²) in [7, 11) is 1.90. The molecule has 3 nitrogen and oxygen atoms in total. The number of nitrogens with zero attached hydrogens (tertiary/aromatic N) is 2. The number of aryl methyl sites for hydroxylation is 1. The lowest BCUT2D eigenvalue weighted by atomic mass is 10.2. The first kappa shape index (κ1) is 11.3. The van der Waals surface area contributed by atoms with Gasteiger partial charge in [-0.3, -0.25) is 4.68 Å². The Bertz CT molecular complexity index is 458. The van der Waals surface area contributed by atoms with Crippen LogP contribution < -0.4 is 5.73 Å². The van der Waals surface area contributed by atoms with Crippen molar-refractivity contribution in [3.8, 4) is 0 Å². The quantitative estimate of drug-likeness (QED) is 0.904. The summed E-state index contributed by atoms with van der Waals surface area (Å²) in [6, 6.07) is 3.85. The molecule has 0 saturated heterocycles. The molecule has 2 heterocycles. The zero-order valence-electron chi connectivity index (χ0n) is 7.95. The largest absolute Gasteiger partial charge is 0.318 e. The minimum absolute atomic E-state index is 0.120. The van der Waals surface area contributed by atoms with Gasteiger partial charge in [-0.15, -0.1) is 11.3 Å². The molecule has 2 aromatic rings. The van der Waals surface area contributed by atoms with Crippen molar-refractivity contribution in [2.24, 2.45) is 12.8 Å². The van der Waals surface area contributed by atoms with Gasteiger partial charge in [-0.2, -0.15) is 5.10 Å². The summed E-state index contributed by atoms with van der Waals surface area (Å²) in [5, 5.41) is 4.11. The SMILES string of the molecule is Cn1nccc1C(N)c1cc(Br)c(Br)s1. The summed E-state index contributed by atoms with van der Waals surface area (Å²) >= 11 is 8.54. The molecule has 2 N–H and O–H groups in total. The van der Waals surface area contributed by atoms with Crippen LogP contribution in [0.5, 0.6) is 0 Å². The fourth-order valence-corrected chi connectivity index (χ4v) is 3.46. The van der Waals surface area contributed by atoms with E-state index in [0.29, 0.717) is 0 Å². The third-order valence-corrected chi connectivity index (χ3v) is 5.49. The first-order valence-electron chi connectivity index (χ1n) is 4.28. The van der Waals surface area contributed by atoms with Crippen molar-refractivity contribution in [2.45, 2.75) is 6.04 Å². The van der Waals surface area contributed by atoms with Gasteiger partial charge in [0.25, 0.3) is 0 Å². The van der Waals surface area contributed by atoms with Gasteiger partial charge in [0.1, 0.15) is 0 Å². The Kier molecular flexibility index (Phi) is 3.30. The highest BCUT2D eigenvalue weighted by Crippen LogP contribution is 2.36. The van der Waals surface area contributed by atoms with E-state index in [2.05, 4.69) is 37.0 Å². The molecule has 0 radical (unpaired) electrons. The summed E-state index contributed by atoms with van der Waals surface area (Å²) in [6.45, 7) is 0. The summed E-state index contributed by atoms with van der Waals surface area (Å²) in [5.41, 5.74) is 7.16. The van der Waals surface area contributed by atoms with Crippen molar-refractivity contribution in [3.05, 3.63) is 37.2 Å². The van der Waals surface area contributed by atoms with Crippen LogP contribution in [0.25, 0.3) is 0 Å². The summed E-state index contributed by atoms with van der Waals surface area (Å²) in [6.07, 6.45) is 1.76. The van der Waals surface area contributed by atoms with E-state index in [-0.39, 0.29) is 6.04 Å². The molecule has 1 unspecified atom stereocenters. The molecule has 0 spiro atoms. The number of hydrogen-bond acceptors (Lipinski definition) is 3. The second-order valence-corrected chi connectivity index (χ2v) is 6.38. The molecular formula is C9H9Br2N3S. The molecule has 2 aromatic heterocycles. The van der Waals surface area contributed by atoms with Crippen LogP contribution in [0.15, 0.2) is 26.6 Å². The van der Waals surface area contributed by atoms with Crippen LogP contribution in [0, 0.1) is 0 Å². The third kappa shape index (κ3) is 2.18. The molecule has 6 heteroatoms. The van der Waals surface area contributed by atoms with Crippen LogP contribution in [-0.4, -0.2) is 9.78 Å². The van der Waals surface area contributed by atoms with Crippen LogP contribution in [-0.2, 0) is 7.05 Å². The fourth-order valence-electron chi connectivity index (χ4n) is 1.35. The molecule has 0 saturated carbocycles. The summed E-state index contributed by atoms with van der Waals surface area (Å²) in [5.74, 6) is 0. The van der Waals surface area contributed by atoms with Gasteiger partial charge in [-0.1, -0.05) is 0 Å². The molecule has 2 rings (SSSR count). The van der Waals surface area contributed by atoms with Gasteiger partial charge in [-0.25, -0.2) is 0 Å². The van der Waals surface area contributed by atoms with Crippen LogP contribution in [0.3, 0.4) is 0 Å². The lowest BCUT2D eigenvalue weighted by Crippen LogP contribution is -2.14. The van der Waals surface area contributed by atoms with Crippen LogP contribution in [0.4, 0.5) is 0 Å². The highest BCUT2D eigenvalue weighted by molar-refractivity contribution is 9.13. The summed E-state index contributed by atoms with van der Waals surface area (Å²) < 4.78 is 3.90. The van der Waals surface area contributed by atoms with Crippen LogP contribution in [0.2, 0.25) is 0 Å². The normalized spacial score (nSPS) is 13.1. The van der Waals surface area contributed by atoms with E-state index in [4.69, 9.17) is 5.73 Å². The van der Waals surface area contributed by atoms with E-state index < -0.39 is 0 Å². The van der Waals surface area contributed by atoms with E-state index in [1.165, 1.54) is 0 Å². The van der Waals surface area contributed by atoms with Crippen molar-refractivity contribution < 1.29 is 0 Å². The maximum absolute atomic E-state index is 6.15. The van der Waals surface area contributed by atoms with Crippen LogP contribution >= 0.6 is 43.2 Å². The Morgan fingerprint density at radius 3 is 2.73 bits per heavy atom. The second-order valence-electron chi connectivity index (χ2n) is 3.13. The number of halogens is 2. The lowest BCUT2D eigenvalue weighted by molar-refractivity contribution is 0.678. The van der Waals surface area contributed by atoms with Gasteiger partial charge in [0.2, 0.25) is 0 Å². The molecule has 0 aliphatic heterocycles. The first-order chi connectivity index (χ1) is 7.09. The number of thiophene rings is 1. The molecule has 0 bridgehead atoms. The minimum Gasteiger partial charge on any atom is -0.318 e. The molecule has 0 aromatic carbocycles. The van der Waals surface area contributed by atoms with E-state index in [9.17, 15) is 0 Å². The van der Waals surface area contributed by atoms with Gasteiger partial charge in [-0.05, 0) is 44.0 Å². The Hall–Kier alpha value is -0.170. The Morgan fingerprint density at radius 1 is 1.53 bits per heavy atom. The predicted octanol–water partition coefficient (Wildman–Crippen LogP) is 3.05. The van der Waals surface area contributed by atoms with Crippen molar-refractivity contribution in [1.82, 2.24) is 9.78 Å². The Balaban J connectivity index is 2.36. The van der Waals surface area contributed by atoms with Crippen molar-refractivity contribution in [2.75, 3.05) is 0 Å². The van der Waals surface area contributed by atoms with Gasteiger partial charge in [0.15, 0.2) is 0 Å². The van der Waals surface area contributed by atoms with Gasteiger partial charge in [0.05, 0.1) is 15.5 Å². The second kappa shape index (κ2) is 4.37. The zero-order chi connectivity index (χ0) is 11.0. The fraction of sp³-hybridized carbons (Fsp3) is 0.222. The molecule has 0 aliphatic carbocycles. The van der Waals surface area contributed by atoms with E-state index >= 15 is 0 Å². The Morgan fingerprint density at radius 2 is 2.27 bits per heavy atom. The smallest absolute Gasteiger partial charge is 0.0843 e. The highest BCUT2D eigenvalue weighted by atomic mass is 79.9. The van der Waals surface area contributed by atoms with Gasteiger partial charge < -0.3 is 5.73 Å². The standard InChI is InChI=1S/C9H9Br2N3S/c1-14-6(2-3-13-14)8(12)7-4-5(10)9(11)15-7/h2-4,8H,12H2,1H3. The van der Waals surface area contributed by atoms with Crippen molar-refractivity contribution >= 4 is 43.2 Å². The molecule has 0 fully saturated rings. The number of aromatic nitrogens is 2. The number of rotatable bonds is 2. The maximum atomic E-state index is 6.15. The third-order valence-electron chi connectivity index (χ3n) is 2.15. The van der Waals surface area contributed by atoms with E-state index in [1.54, 1.807) is 22.2 Å². The number of hydrogen-bond donors (Lipinski definition) is 1. The first-order valence-corrected chi connectivity index (χ1v) is 6.68. The topological polar surface area (TPSA) is 43.8 Å². The van der Waals surface area contributed by atoms with Crippen molar-refractivity contribution in [3.63, 3.8) is 0 Å². The predicted molar refractivity (Wildman–Crippen MR) is 69.0 cm³/mol. The van der Waals surface area contributed by atoms with Crippen LogP contribution in [0.1, 0.15) is 16.6 Å². The van der Waals surface area contributed by atoms with E-state index in [1.807, 2.05) is 19.2 Å². The highest BCUT2D eigenvalue weighted by Gasteiger charge is 2.16. The molecule has 15 heavy (non-hydrogen) atoms. The molecule has 80 valence electrons. The monoisotopic (exact) mass is 349 g/mol.